The number of anilines is 1. The smallest absolute Gasteiger partial charge is 0.291 e. The summed E-state index contributed by atoms with van der Waals surface area (Å²) in [6, 6.07) is 7.50. The van der Waals surface area contributed by atoms with Crippen LogP contribution in [-0.4, -0.2) is 99.8 Å². The Bertz CT molecular complexity index is 1920. The average Bonchev–Trinajstić information content (AvgIpc) is 3.77. The van der Waals surface area contributed by atoms with Gasteiger partial charge in [-0.25, -0.2) is 13.8 Å². The van der Waals surface area contributed by atoms with Crippen LogP contribution in [0.15, 0.2) is 42.7 Å². The maximum absolute atomic E-state index is 15.5. The van der Waals surface area contributed by atoms with Gasteiger partial charge in [-0.05, 0) is 57.1 Å². The first-order valence-electron chi connectivity index (χ1n) is 18.5. The van der Waals surface area contributed by atoms with Crippen molar-refractivity contribution in [2.24, 2.45) is 13.0 Å². The van der Waals surface area contributed by atoms with Gasteiger partial charge in [0.05, 0.1) is 41.3 Å². The molecule has 2 aliphatic heterocycles. The van der Waals surface area contributed by atoms with Crippen molar-refractivity contribution >= 4 is 35.0 Å². The number of aromatic nitrogens is 4. The van der Waals surface area contributed by atoms with Crippen LogP contribution in [0.4, 0.5) is 14.5 Å². The van der Waals surface area contributed by atoms with Crippen LogP contribution in [0.3, 0.4) is 0 Å². The second-order valence-electron chi connectivity index (χ2n) is 12.5. The van der Waals surface area contributed by atoms with Gasteiger partial charge in [0.25, 0.3) is 11.8 Å². The second-order valence-corrected chi connectivity index (χ2v) is 12.9. The van der Waals surface area contributed by atoms with E-state index in [1.54, 1.807) is 41.9 Å². The minimum absolute atomic E-state index is 0.0298. The summed E-state index contributed by atoms with van der Waals surface area (Å²) in [5.74, 6) is -2.86. The number of piperidine rings is 1. The first-order valence-corrected chi connectivity index (χ1v) is 18.9. The lowest BCUT2D eigenvalue weighted by atomic mass is 9.96. The molecule has 6 rings (SSSR count). The zero-order chi connectivity index (χ0) is 39.5. The highest BCUT2D eigenvalue weighted by Crippen LogP contribution is 2.33. The van der Waals surface area contributed by atoms with Gasteiger partial charge in [-0.1, -0.05) is 45.4 Å². The lowest BCUT2D eigenvalue weighted by molar-refractivity contribution is -0.137. The molecule has 2 aromatic carbocycles. The predicted molar refractivity (Wildman–Crippen MR) is 207 cm³/mol. The van der Waals surface area contributed by atoms with Gasteiger partial charge in [0.1, 0.15) is 0 Å². The Morgan fingerprint density at radius 3 is 2.22 bits per heavy atom. The molecule has 0 unspecified atom stereocenters. The lowest BCUT2D eigenvalue weighted by Gasteiger charge is -2.37. The van der Waals surface area contributed by atoms with E-state index in [1.807, 2.05) is 32.6 Å². The summed E-state index contributed by atoms with van der Waals surface area (Å²) in [6.07, 6.45) is 4.60. The van der Waals surface area contributed by atoms with Crippen molar-refractivity contribution in [1.82, 2.24) is 34.4 Å². The Morgan fingerprint density at radius 1 is 0.944 bits per heavy atom. The van der Waals surface area contributed by atoms with E-state index in [1.165, 1.54) is 36.0 Å². The molecule has 15 heteroatoms. The highest BCUT2D eigenvalue weighted by molar-refractivity contribution is 6.34. The number of rotatable bonds is 9. The monoisotopic (exact) mass is 768 g/mol. The van der Waals surface area contributed by atoms with Crippen molar-refractivity contribution in [3.05, 3.63) is 76.5 Å². The van der Waals surface area contributed by atoms with Gasteiger partial charge in [-0.15, -0.1) is 0 Å². The third kappa shape index (κ3) is 9.34. The number of nitrogens with zero attached hydrogens (tertiary/aromatic N) is 6. The van der Waals surface area contributed by atoms with Crippen molar-refractivity contribution in [2.75, 3.05) is 58.3 Å². The fraction of sp³-hybridized carbons (Fsp3) is 0.462. The van der Waals surface area contributed by atoms with Crippen LogP contribution in [0.1, 0.15) is 67.2 Å². The molecule has 0 aliphatic carbocycles. The molecule has 0 saturated carbocycles. The molecule has 4 heterocycles. The molecule has 2 aliphatic rings. The molecule has 0 radical (unpaired) electrons. The van der Waals surface area contributed by atoms with E-state index in [2.05, 4.69) is 20.7 Å². The van der Waals surface area contributed by atoms with E-state index in [0.717, 1.165) is 25.9 Å². The summed E-state index contributed by atoms with van der Waals surface area (Å²) >= 11 is 6.51. The van der Waals surface area contributed by atoms with Crippen LogP contribution in [0.2, 0.25) is 5.02 Å². The number of methoxy groups -OCH3 is 1. The number of aryl methyl sites for hydroxylation is 1. The third-order valence-electron chi connectivity index (χ3n) is 9.33. The van der Waals surface area contributed by atoms with E-state index >= 15 is 8.78 Å². The Labute approximate surface area is 320 Å². The number of carbonyl (C=O) groups excluding carboxylic acids is 3. The number of hydrogen-bond acceptors (Lipinski definition) is 7. The van der Waals surface area contributed by atoms with Gasteiger partial charge < -0.3 is 29.7 Å². The summed E-state index contributed by atoms with van der Waals surface area (Å²) in [5, 5.41) is 10.5. The SMILES string of the molecule is CC.CC.COCCn1cc(-c2ccc(-c3cnc(C(=O)Nc4ccc(C(=O)N5CCN(C(=O)C6CCNCC6)CC5)c(Cl)c4)n3C)c(F)c2F)c(C)n1. The highest BCUT2D eigenvalue weighted by Gasteiger charge is 2.31. The molecular weight excluding hydrogens is 718 g/mol. The van der Waals surface area contributed by atoms with Gasteiger partial charge in [-0.3, -0.25) is 19.1 Å². The minimum atomic E-state index is -1.08. The van der Waals surface area contributed by atoms with E-state index in [4.69, 9.17) is 16.3 Å². The number of imidazole rings is 1. The Balaban J connectivity index is 0.00000157. The van der Waals surface area contributed by atoms with Gasteiger partial charge in [0, 0.05) is 74.8 Å². The van der Waals surface area contributed by atoms with Gasteiger partial charge in [-0.2, -0.15) is 5.10 Å². The molecule has 2 fully saturated rings. The van der Waals surface area contributed by atoms with Crippen LogP contribution in [-0.2, 0) is 23.1 Å². The molecule has 2 aromatic heterocycles. The zero-order valence-corrected chi connectivity index (χ0v) is 32.9. The quantitative estimate of drug-likeness (QED) is 0.201. The number of benzene rings is 2. The average molecular weight is 769 g/mol. The fourth-order valence-electron chi connectivity index (χ4n) is 6.49. The van der Waals surface area contributed by atoms with Crippen molar-refractivity contribution in [2.45, 2.75) is 54.0 Å². The summed E-state index contributed by atoms with van der Waals surface area (Å²) < 4.78 is 39.0. The van der Waals surface area contributed by atoms with Gasteiger partial charge in [0.15, 0.2) is 17.5 Å². The van der Waals surface area contributed by atoms with Gasteiger partial charge >= 0.3 is 0 Å². The van der Waals surface area contributed by atoms with Crippen LogP contribution in [0.25, 0.3) is 22.4 Å². The largest absolute Gasteiger partial charge is 0.383 e. The Morgan fingerprint density at radius 2 is 1.57 bits per heavy atom. The number of ether oxygens (including phenoxy) is 1. The molecular formula is C39H51ClF2N8O4. The van der Waals surface area contributed by atoms with Crippen LogP contribution in [0.5, 0.6) is 0 Å². The third-order valence-corrected chi connectivity index (χ3v) is 9.65. The first kappa shape index (κ1) is 42.1. The maximum atomic E-state index is 15.5. The maximum Gasteiger partial charge on any atom is 0.291 e. The van der Waals surface area contributed by atoms with E-state index in [0.29, 0.717) is 56.3 Å². The van der Waals surface area contributed by atoms with Crippen molar-refractivity contribution < 1.29 is 27.9 Å². The van der Waals surface area contributed by atoms with Crippen LogP contribution in [0, 0.1) is 24.5 Å². The molecule has 2 N–H and O–H groups in total. The standard InChI is InChI=1S/C35H39ClF2N8O4.2C2H6/c1-21-27(20-46(42-21)16-17-50-3)24-6-7-26(31(38)30(24)37)29-19-40-32(43(29)2)33(47)41-23-4-5-25(28(36)18-23)35(49)45-14-12-44(13-15-45)34(48)22-8-10-39-11-9-22;2*1-2/h4-7,18-20,22,39H,8-17H2,1-3H3,(H,41,47);2*1-2H3. The molecule has 3 amide bonds. The lowest BCUT2D eigenvalue weighted by Crippen LogP contribution is -2.52. The molecule has 0 spiro atoms. The van der Waals surface area contributed by atoms with Crippen LogP contribution < -0.4 is 10.6 Å². The second kappa shape index (κ2) is 19.6. The van der Waals surface area contributed by atoms with E-state index < -0.39 is 17.5 Å². The highest BCUT2D eigenvalue weighted by atomic mass is 35.5. The van der Waals surface area contributed by atoms with Crippen molar-refractivity contribution in [3.63, 3.8) is 0 Å². The number of carbonyl (C=O) groups is 3. The molecule has 2 saturated heterocycles. The number of piperazine rings is 1. The normalized spacial score (nSPS) is 14.5. The first-order chi connectivity index (χ1) is 26.1. The number of halogens is 3. The topological polar surface area (TPSA) is 127 Å². The van der Waals surface area contributed by atoms with Gasteiger partial charge in [0.2, 0.25) is 5.91 Å². The molecule has 4 aromatic rings. The molecule has 12 nitrogen and oxygen atoms in total. The minimum Gasteiger partial charge on any atom is -0.383 e. The van der Waals surface area contributed by atoms with Crippen molar-refractivity contribution in [1.29, 1.82) is 0 Å². The predicted octanol–water partition coefficient (Wildman–Crippen LogP) is 6.43. The Hall–Kier alpha value is -4.66. The summed E-state index contributed by atoms with van der Waals surface area (Å²) in [4.78, 5) is 47.1. The summed E-state index contributed by atoms with van der Waals surface area (Å²) in [6.45, 7) is 14.0. The van der Waals surface area contributed by atoms with Crippen LogP contribution >= 0.6 is 11.6 Å². The number of amides is 3. The molecule has 0 atom stereocenters. The van der Waals surface area contributed by atoms with Crippen molar-refractivity contribution in [3.8, 4) is 22.4 Å². The number of nitrogens with one attached hydrogen (secondary N) is 2. The fourth-order valence-corrected chi connectivity index (χ4v) is 6.75. The number of hydrogen-bond donors (Lipinski definition) is 2. The molecule has 54 heavy (non-hydrogen) atoms. The summed E-state index contributed by atoms with van der Waals surface area (Å²) in [7, 11) is 3.10. The Kier molecular flexibility index (Phi) is 15.3. The van der Waals surface area contributed by atoms with E-state index in [9.17, 15) is 14.4 Å². The molecule has 0 bridgehead atoms. The molecule has 292 valence electrons. The van der Waals surface area contributed by atoms with E-state index in [-0.39, 0.29) is 51.0 Å². The summed E-state index contributed by atoms with van der Waals surface area (Å²) in [5.41, 5.74) is 1.80. The zero-order valence-electron chi connectivity index (χ0n) is 32.1.